The van der Waals surface area contributed by atoms with Crippen molar-refractivity contribution in [3.05, 3.63) is 34.9 Å². The van der Waals surface area contributed by atoms with Crippen molar-refractivity contribution in [1.82, 2.24) is 4.90 Å². The first-order valence-electron chi connectivity index (χ1n) is 7.05. The monoisotopic (exact) mass is 309 g/mol. The molecule has 5 heteroatoms. The summed E-state index contributed by atoms with van der Waals surface area (Å²) in [6.07, 6.45) is 0.494. The minimum absolute atomic E-state index is 0.105. The van der Waals surface area contributed by atoms with E-state index in [9.17, 15) is 9.59 Å². The van der Waals surface area contributed by atoms with Crippen molar-refractivity contribution in [2.75, 3.05) is 6.54 Å². The van der Waals surface area contributed by atoms with E-state index in [4.69, 9.17) is 16.3 Å². The zero-order valence-corrected chi connectivity index (χ0v) is 13.3. The predicted molar refractivity (Wildman–Crippen MR) is 81.4 cm³/mol. The minimum Gasteiger partial charge on any atom is -0.443 e. The van der Waals surface area contributed by atoms with Crippen molar-refractivity contribution in [3.8, 4) is 0 Å². The first-order valence-corrected chi connectivity index (χ1v) is 7.43. The molecule has 0 bridgehead atoms. The van der Waals surface area contributed by atoms with Gasteiger partial charge in [0.1, 0.15) is 5.60 Å². The average Bonchev–Trinajstić information content (AvgIpc) is 2.37. The van der Waals surface area contributed by atoms with Crippen molar-refractivity contribution >= 4 is 23.6 Å². The van der Waals surface area contributed by atoms with E-state index in [1.807, 2.05) is 24.3 Å². The second-order valence-electron chi connectivity index (χ2n) is 6.28. The molecule has 1 aromatic rings. The molecule has 0 N–H and O–H groups in total. The second-order valence-corrected chi connectivity index (χ2v) is 6.71. The SMILES string of the molecule is CC(C)(C)OC(=O)N1CC(c2cccc(Cl)c2)CCC1=O. The fourth-order valence-electron chi connectivity index (χ4n) is 2.37. The zero-order chi connectivity index (χ0) is 15.6. The maximum atomic E-state index is 12.1. The highest BCUT2D eigenvalue weighted by Crippen LogP contribution is 2.29. The van der Waals surface area contributed by atoms with Gasteiger partial charge >= 0.3 is 6.09 Å². The molecule has 2 amide bonds. The molecule has 0 aliphatic carbocycles. The summed E-state index contributed by atoms with van der Waals surface area (Å²) >= 11 is 6.01. The summed E-state index contributed by atoms with van der Waals surface area (Å²) in [6.45, 7) is 5.70. The van der Waals surface area contributed by atoms with E-state index >= 15 is 0 Å². The summed E-state index contributed by atoms with van der Waals surface area (Å²) in [5, 5.41) is 0.660. The number of benzene rings is 1. The van der Waals surface area contributed by atoms with Crippen LogP contribution in [0, 0.1) is 0 Å². The van der Waals surface area contributed by atoms with Crippen molar-refractivity contribution in [3.63, 3.8) is 0 Å². The number of ether oxygens (including phenoxy) is 1. The van der Waals surface area contributed by atoms with Gasteiger partial charge < -0.3 is 4.74 Å². The minimum atomic E-state index is -0.611. The number of piperidine rings is 1. The van der Waals surface area contributed by atoms with Crippen LogP contribution in [0.4, 0.5) is 4.79 Å². The van der Waals surface area contributed by atoms with Gasteiger partial charge in [0.05, 0.1) is 0 Å². The van der Waals surface area contributed by atoms with E-state index in [0.29, 0.717) is 18.0 Å². The lowest BCUT2D eigenvalue weighted by molar-refractivity contribution is -0.132. The van der Waals surface area contributed by atoms with Crippen LogP contribution < -0.4 is 0 Å². The van der Waals surface area contributed by atoms with Crippen molar-refractivity contribution in [2.24, 2.45) is 0 Å². The van der Waals surface area contributed by atoms with Crippen LogP contribution in [0.3, 0.4) is 0 Å². The lowest BCUT2D eigenvalue weighted by Gasteiger charge is -2.32. The van der Waals surface area contributed by atoms with E-state index in [1.165, 1.54) is 4.90 Å². The van der Waals surface area contributed by atoms with Crippen molar-refractivity contribution < 1.29 is 14.3 Å². The Labute approximate surface area is 130 Å². The quantitative estimate of drug-likeness (QED) is 0.788. The molecule has 1 saturated heterocycles. The van der Waals surface area contributed by atoms with Crippen LogP contribution >= 0.6 is 11.6 Å². The highest BCUT2D eigenvalue weighted by atomic mass is 35.5. The molecule has 1 unspecified atom stereocenters. The third kappa shape index (κ3) is 4.21. The summed E-state index contributed by atoms with van der Waals surface area (Å²) in [4.78, 5) is 25.3. The molecule has 1 aliphatic rings. The van der Waals surface area contributed by atoms with Gasteiger partial charge in [-0.25, -0.2) is 9.69 Å². The number of carbonyl (C=O) groups excluding carboxylic acids is 2. The van der Waals surface area contributed by atoms with E-state index in [-0.39, 0.29) is 11.8 Å². The van der Waals surface area contributed by atoms with Gasteiger partial charge in [-0.3, -0.25) is 4.79 Å². The molecule has 0 saturated carbocycles. The Morgan fingerprint density at radius 2 is 2.10 bits per heavy atom. The first kappa shape index (κ1) is 15.8. The topological polar surface area (TPSA) is 46.6 Å². The number of imide groups is 1. The molecule has 21 heavy (non-hydrogen) atoms. The number of nitrogens with zero attached hydrogens (tertiary/aromatic N) is 1. The number of hydrogen-bond acceptors (Lipinski definition) is 3. The fraction of sp³-hybridized carbons (Fsp3) is 0.500. The van der Waals surface area contributed by atoms with Crippen LogP contribution in [-0.4, -0.2) is 29.0 Å². The van der Waals surface area contributed by atoms with Gasteiger partial charge in [-0.15, -0.1) is 0 Å². The first-order chi connectivity index (χ1) is 9.76. The van der Waals surface area contributed by atoms with Crippen molar-refractivity contribution in [2.45, 2.75) is 45.1 Å². The van der Waals surface area contributed by atoms with Gasteiger partial charge in [-0.05, 0) is 44.9 Å². The molecule has 0 spiro atoms. The Kier molecular flexibility index (Phi) is 4.57. The Balaban J connectivity index is 2.12. The molecule has 1 aromatic carbocycles. The zero-order valence-electron chi connectivity index (χ0n) is 12.6. The number of hydrogen-bond donors (Lipinski definition) is 0. The van der Waals surface area contributed by atoms with Gasteiger partial charge in [-0.1, -0.05) is 23.7 Å². The molecule has 1 atom stereocenters. The largest absolute Gasteiger partial charge is 0.443 e. The molecular weight excluding hydrogens is 290 g/mol. The van der Waals surface area contributed by atoms with Gasteiger partial charge in [0.15, 0.2) is 0 Å². The molecule has 1 heterocycles. The maximum absolute atomic E-state index is 12.1. The van der Waals surface area contributed by atoms with Crippen LogP contribution in [0.1, 0.15) is 45.1 Å². The van der Waals surface area contributed by atoms with Crippen molar-refractivity contribution in [1.29, 1.82) is 0 Å². The molecule has 114 valence electrons. The molecule has 2 rings (SSSR count). The van der Waals surface area contributed by atoms with Gasteiger partial charge in [0, 0.05) is 23.9 Å². The smallest absolute Gasteiger partial charge is 0.417 e. The average molecular weight is 310 g/mol. The van der Waals surface area contributed by atoms with E-state index in [2.05, 4.69) is 0 Å². The van der Waals surface area contributed by atoms with E-state index in [0.717, 1.165) is 12.0 Å². The highest BCUT2D eigenvalue weighted by molar-refractivity contribution is 6.30. The summed E-state index contributed by atoms with van der Waals surface area (Å²) in [7, 11) is 0. The van der Waals surface area contributed by atoms with Gasteiger partial charge in [0.2, 0.25) is 5.91 Å². The number of halogens is 1. The Bertz CT molecular complexity index is 551. The lowest BCUT2D eigenvalue weighted by atomic mass is 9.90. The third-order valence-corrected chi connectivity index (χ3v) is 3.58. The number of likely N-dealkylation sites (tertiary alicyclic amines) is 1. The number of carbonyl (C=O) groups is 2. The molecule has 1 aliphatic heterocycles. The molecule has 4 nitrogen and oxygen atoms in total. The molecular formula is C16H20ClNO3. The number of amides is 2. The summed E-state index contributed by atoms with van der Waals surface area (Å²) in [6, 6.07) is 7.55. The standard InChI is InChI=1S/C16H20ClNO3/c1-16(2,3)21-15(20)18-10-12(7-8-14(18)19)11-5-4-6-13(17)9-11/h4-6,9,12H,7-8,10H2,1-3H3. The Morgan fingerprint density at radius 1 is 1.38 bits per heavy atom. The Hall–Kier alpha value is -1.55. The van der Waals surface area contributed by atoms with Crippen LogP contribution in [0.5, 0.6) is 0 Å². The third-order valence-electron chi connectivity index (χ3n) is 3.34. The van der Waals surface area contributed by atoms with Gasteiger partial charge in [0.25, 0.3) is 0 Å². The highest BCUT2D eigenvalue weighted by Gasteiger charge is 2.33. The van der Waals surface area contributed by atoms with Crippen LogP contribution in [0.15, 0.2) is 24.3 Å². The van der Waals surface area contributed by atoms with E-state index in [1.54, 1.807) is 20.8 Å². The molecule has 0 radical (unpaired) electrons. The summed E-state index contributed by atoms with van der Waals surface area (Å²) in [5.74, 6) is -0.0727. The molecule has 1 fully saturated rings. The lowest BCUT2D eigenvalue weighted by Crippen LogP contribution is -2.45. The van der Waals surface area contributed by atoms with Gasteiger partial charge in [-0.2, -0.15) is 0 Å². The predicted octanol–water partition coefficient (Wildman–Crippen LogP) is 3.98. The van der Waals surface area contributed by atoms with E-state index < -0.39 is 11.7 Å². The normalized spacial score (nSPS) is 19.5. The maximum Gasteiger partial charge on any atom is 0.417 e. The summed E-state index contributed by atoms with van der Waals surface area (Å²) in [5.41, 5.74) is 0.434. The van der Waals surface area contributed by atoms with Crippen LogP contribution in [-0.2, 0) is 9.53 Å². The fourth-order valence-corrected chi connectivity index (χ4v) is 2.57. The summed E-state index contributed by atoms with van der Waals surface area (Å²) < 4.78 is 5.30. The molecule has 0 aromatic heterocycles. The number of rotatable bonds is 1. The second kappa shape index (κ2) is 6.06. The Morgan fingerprint density at radius 3 is 2.71 bits per heavy atom. The van der Waals surface area contributed by atoms with Crippen LogP contribution in [0.2, 0.25) is 5.02 Å². The van der Waals surface area contributed by atoms with Crippen LogP contribution in [0.25, 0.3) is 0 Å².